The fourth-order valence-corrected chi connectivity index (χ4v) is 5.41. The number of rotatable bonds is 7. The van der Waals surface area contributed by atoms with Crippen LogP contribution in [0.25, 0.3) is 17.2 Å². The molecule has 0 radical (unpaired) electrons. The van der Waals surface area contributed by atoms with Crippen molar-refractivity contribution in [2.75, 3.05) is 13.2 Å². The number of aliphatic hydroxyl groups is 1. The first-order chi connectivity index (χ1) is 17.7. The molecule has 37 heavy (non-hydrogen) atoms. The molecule has 0 atom stereocenters. The van der Waals surface area contributed by atoms with Crippen molar-refractivity contribution in [3.05, 3.63) is 81.2 Å². The maximum atomic E-state index is 12.8. The number of aliphatic hydroxyl groups excluding tert-OH is 1. The Labute approximate surface area is 221 Å². The first kappa shape index (κ1) is 25.7. The third-order valence-corrected chi connectivity index (χ3v) is 8.22. The summed E-state index contributed by atoms with van der Waals surface area (Å²) in [7, 11) is -0.652. The number of nitrogens with one attached hydrogen (secondary N) is 1. The molecule has 2 aliphatic rings. The molecule has 0 bridgehead atoms. The van der Waals surface area contributed by atoms with Crippen LogP contribution in [0.4, 0.5) is 4.79 Å². The van der Waals surface area contributed by atoms with Crippen LogP contribution in [-0.4, -0.2) is 47.7 Å². The third kappa shape index (κ3) is 5.09. The van der Waals surface area contributed by atoms with Crippen molar-refractivity contribution in [1.82, 2.24) is 10.3 Å². The molecule has 2 heterocycles. The van der Waals surface area contributed by atoms with Crippen LogP contribution in [0.1, 0.15) is 55.4 Å². The zero-order chi connectivity index (χ0) is 26.2. The molecule has 0 saturated carbocycles. The van der Waals surface area contributed by atoms with Crippen molar-refractivity contribution < 1.29 is 23.9 Å². The van der Waals surface area contributed by atoms with Gasteiger partial charge in [-0.1, -0.05) is 48.5 Å². The van der Waals surface area contributed by atoms with E-state index in [-0.39, 0.29) is 25.7 Å². The number of benzene rings is 2. The van der Waals surface area contributed by atoms with Crippen molar-refractivity contribution in [3.63, 3.8) is 0 Å². The maximum absolute atomic E-state index is 12.8. The van der Waals surface area contributed by atoms with Crippen molar-refractivity contribution in [1.29, 1.82) is 0 Å². The number of carbonyl (C=O) groups is 1. The molecule has 9 heteroatoms. The number of ether oxygens (including phenoxy) is 1. The Bertz CT molecular complexity index is 1270. The Morgan fingerprint density at radius 3 is 2.24 bits per heavy atom. The molecule has 1 amide bonds. The minimum Gasteiger partial charge on any atom is -0.449 e. The molecule has 0 unspecified atom stereocenters. The summed E-state index contributed by atoms with van der Waals surface area (Å²) >= 11 is 1.41. The average molecular weight is 518 g/mol. The third-order valence-electron chi connectivity index (χ3n) is 7.38. The molecule has 3 aromatic rings. The summed E-state index contributed by atoms with van der Waals surface area (Å²) in [5.41, 5.74) is 4.95. The van der Waals surface area contributed by atoms with Gasteiger partial charge in [0.15, 0.2) is 0 Å². The van der Waals surface area contributed by atoms with Gasteiger partial charge in [0.1, 0.15) is 11.6 Å². The van der Waals surface area contributed by atoms with Crippen LogP contribution < -0.4 is 5.32 Å². The monoisotopic (exact) mass is 518 g/mol. The molecule has 0 spiro atoms. The lowest BCUT2D eigenvalue weighted by Crippen LogP contribution is -2.41. The molecule has 2 aromatic carbocycles. The molecular formula is C28H31BN2O5S. The van der Waals surface area contributed by atoms with E-state index in [2.05, 4.69) is 34.6 Å². The summed E-state index contributed by atoms with van der Waals surface area (Å²) < 4.78 is 18.2. The van der Waals surface area contributed by atoms with Gasteiger partial charge in [-0.15, -0.1) is 11.3 Å². The lowest BCUT2D eigenvalue weighted by Gasteiger charge is -2.32. The highest BCUT2D eigenvalue weighted by Crippen LogP contribution is 2.44. The van der Waals surface area contributed by atoms with Crippen molar-refractivity contribution in [2.24, 2.45) is 0 Å². The molecule has 7 nitrogen and oxygen atoms in total. The normalized spacial score (nSPS) is 18.0. The van der Waals surface area contributed by atoms with Crippen LogP contribution in [0.3, 0.4) is 0 Å². The number of alkyl carbamates (subject to hydrolysis) is 1. The number of amides is 1. The second-order valence-corrected chi connectivity index (χ2v) is 11.2. The lowest BCUT2D eigenvalue weighted by molar-refractivity contribution is 0.00578. The molecular weight excluding hydrogens is 487 g/mol. The second kappa shape index (κ2) is 10.1. The summed E-state index contributed by atoms with van der Waals surface area (Å²) in [4.78, 5) is 17.2. The first-order valence-electron chi connectivity index (χ1n) is 12.4. The molecule has 1 aliphatic carbocycles. The van der Waals surface area contributed by atoms with Gasteiger partial charge >= 0.3 is 13.2 Å². The summed E-state index contributed by atoms with van der Waals surface area (Å²) in [5, 5.41) is 14.7. The molecule has 192 valence electrons. The Morgan fingerprint density at radius 2 is 1.68 bits per heavy atom. The minimum absolute atomic E-state index is 0.0107. The zero-order valence-electron chi connectivity index (χ0n) is 21.5. The number of hydrogen-bond donors (Lipinski definition) is 2. The maximum Gasteiger partial charge on any atom is 0.492 e. The summed E-state index contributed by atoms with van der Waals surface area (Å²) in [6, 6.07) is 16.5. The standard InChI is InChI=1S/C28H31BN2O5S/c1-27(2)28(3,4)36-29(35-27)18(13-25-31-19(15-32)17-37-25)14-30-26(33)34-16-24-22-11-7-5-9-20(22)21-10-6-8-12-23(21)24/h5-13,17,24,32H,14-16H2,1-4H3,(H,30,33). The van der Waals surface area contributed by atoms with Crippen molar-refractivity contribution in [3.8, 4) is 11.1 Å². The molecule has 1 saturated heterocycles. The van der Waals surface area contributed by atoms with E-state index in [1.54, 1.807) is 5.38 Å². The minimum atomic E-state index is -0.652. The van der Waals surface area contributed by atoms with Gasteiger partial charge in [0, 0.05) is 17.8 Å². The Kier molecular flexibility index (Phi) is 6.98. The Balaban J connectivity index is 1.28. The molecule has 5 rings (SSSR count). The Hall–Kier alpha value is -2.98. The van der Waals surface area contributed by atoms with Gasteiger partial charge in [-0.25, -0.2) is 9.78 Å². The number of fused-ring (bicyclic) bond motifs is 3. The highest BCUT2D eigenvalue weighted by Gasteiger charge is 2.52. The van der Waals surface area contributed by atoms with Crippen LogP contribution in [0.2, 0.25) is 0 Å². The van der Waals surface area contributed by atoms with Gasteiger partial charge in [0.25, 0.3) is 0 Å². The number of nitrogens with zero attached hydrogens (tertiary/aromatic N) is 1. The molecule has 1 aromatic heterocycles. The van der Waals surface area contributed by atoms with E-state index in [1.807, 2.05) is 58.0 Å². The van der Waals surface area contributed by atoms with E-state index in [0.29, 0.717) is 16.2 Å². The van der Waals surface area contributed by atoms with Crippen LogP contribution >= 0.6 is 11.3 Å². The van der Waals surface area contributed by atoms with Gasteiger partial charge in [-0.2, -0.15) is 0 Å². The van der Waals surface area contributed by atoms with Crippen molar-refractivity contribution in [2.45, 2.75) is 51.4 Å². The van der Waals surface area contributed by atoms with Crippen molar-refractivity contribution >= 4 is 30.6 Å². The topological polar surface area (TPSA) is 89.9 Å². The number of thiazole rings is 1. The predicted octanol–water partition coefficient (Wildman–Crippen LogP) is 5.19. The average Bonchev–Trinajstić information content (AvgIpc) is 3.52. The Morgan fingerprint density at radius 1 is 1.08 bits per heavy atom. The fourth-order valence-electron chi connectivity index (χ4n) is 4.64. The number of hydrogen-bond acceptors (Lipinski definition) is 7. The van der Waals surface area contributed by atoms with E-state index < -0.39 is 24.4 Å². The van der Waals surface area contributed by atoms with Crippen LogP contribution in [-0.2, 0) is 20.7 Å². The van der Waals surface area contributed by atoms with Gasteiger partial charge in [-0.3, -0.25) is 0 Å². The summed E-state index contributed by atoms with van der Waals surface area (Å²) in [6.45, 7) is 8.21. The second-order valence-electron chi connectivity index (χ2n) is 10.3. The summed E-state index contributed by atoms with van der Waals surface area (Å²) in [6.07, 6.45) is 1.33. The summed E-state index contributed by atoms with van der Waals surface area (Å²) in [5.74, 6) is -0.0107. The van der Waals surface area contributed by atoms with E-state index in [1.165, 1.54) is 22.5 Å². The van der Waals surface area contributed by atoms with Crippen LogP contribution in [0.15, 0.2) is 59.4 Å². The first-order valence-corrected chi connectivity index (χ1v) is 13.3. The van der Waals surface area contributed by atoms with Gasteiger partial charge in [0.2, 0.25) is 0 Å². The van der Waals surface area contributed by atoms with Crippen LogP contribution in [0.5, 0.6) is 0 Å². The van der Waals surface area contributed by atoms with Crippen LogP contribution in [0, 0.1) is 0 Å². The largest absolute Gasteiger partial charge is 0.492 e. The SMILES string of the molecule is CC1(C)OB(C(=Cc2nc(CO)cs2)CNC(=O)OCC2c3ccccc3-c3ccccc32)OC1(C)C. The lowest BCUT2D eigenvalue weighted by atomic mass is 9.77. The smallest absolute Gasteiger partial charge is 0.449 e. The van der Waals surface area contributed by atoms with E-state index in [4.69, 9.17) is 14.0 Å². The highest BCUT2D eigenvalue weighted by molar-refractivity contribution is 7.10. The quantitative estimate of drug-likeness (QED) is 0.419. The van der Waals surface area contributed by atoms with E-state index in [9.17, 15) is 9.90 Å². The van der Waals surface area contributed by atoms with Gasteiger partial charge in [-0.05, 0) is 61.5 Å². The molecule has 1 fully saturated rings. The van der Waals surface area contributed by atoms with E-state index in [0.717, 1.165) is 11.1 Å². The number of carbonyl (C=O) groups excluding carboxylic acids is 1. The molecule has 2 N–H and O–H groups in total. The number of aromatic nitrogens is 1. The van der Waals surface area contributed by atoms with Gasteiger partial charge in [0.05, 0.1) is 23.5 Å². The highest BCUT2D eigenvalue weighted by atomic mass is 32.1. The van der Waals surface area contributed by atoms with E-state index >= 15 is 0 Å². The van der Waals surface area contributed by atoms with Gasteiger partial charge < -0.3 is 24.5 Å². The zero-order valence-corrected chi connectivity index (χ0v) is 22.3. The fraction of sp³-hybridized carbons (Fsp3) is 0.357. The predicted molar refractivity (Wildman–Crippen MR) is 145 cm³/mol. The molecule has 1 aliphatic heterocycles.